The van der Waals surface area contributed by atoms with Gasteiger partial charge in [0.2, 0.25) is 5.91 Å². The fourth-order valence-corrected chi connectivity index (χ4v) is 3.65. The van der Waals surface area contributed by atoms with Gasteiger partial charge in [0.25, 0.3) is 5.69 Å². The predicted octanol–water partition coefficient (Wildman–Crippen LogP) is 1.53. The highest BCUT2D eigenvalue weighted by Crippen LogP contribution is 2.12. The van der Waals surface area contributed by atoms with Gasteiger partial charge in [0.05, 0.1) is 11.3 Å². The van der Waals surface area contributed by atoms with E-state index in [2.05, 4.69) is 10.6 Å². The summed E-state index contributed by atoms with van der Waals surface area (Å²) in [6.45, 7) is 6.06. The van der Waals surface area contributed by atoms with Crippen LogP contribution in [-0.4, -0.2) is 96.9 Å². The number of nitro groups is 1. The SMILES string of the molecule is CC(C)C[C@H](N)C(=O)O.C[C@H](NC(=O)CCC(=O)O)C(=O)O.N[C@@H](Cc1ccccc1)C(=O)O.Nc1ccc([N+](=O)[O-])cc1.O=C(O)[C@@H]1CCCN1. The number of rotatable bonds is 13. The number of carbonyl (C=O) groups excluding carboxylic acids is 1. The van der Waals surface area contributed by atoms with Crippen molar-refractivity contribution in [3.05, 3.63) is 70.3 Å². The van der Waals surface area contributed by atoms with Crippen molar-refractivity contribution in [2.75, 3.05) is 12.3 Å². The quantitative estimate of drug-likeness (QED) is 0.0791. The number of carboxylic acid groups (broad SMARTS) is 5. The van der Waals surface area contributed by atoms with Crippen molar-refractivity contribution in [3.63, 3.8) is 0 Å². The molecule has 1 fully saturated rings. The number of benzene rings is 2. The van der Waals surface area contributed by atoms with E-state index < -0.39 is 58.8 Å². The molecular weight excluding hydrogens is 688 g/mol. The molecule has 1 amide bonds. The summed E-state index contributed by atoms with van der Waals surface area (Å²) in [6.07, 6.45) is 2.23. The molecule has 13 N–H and O–H groups in total. The number of hydrogen-bond donors (Lipinski definition) is 10. The Hall–Kier alpha value is -5.66. The molecule has 1 heterocycles. The Balaban J connectivity index is 0. The molecule has 2 aromatic rings. The number of amides is 1. The van der Waals surface area contributed by atoms with Crippen molar-refractivity contribution in [2.45, 2.75) is 83.5 Å². The number of nitrogens with one attached hydrogen (secondary N) is 2. The van der Waals surface area contributed by atoms with Gasteiger partial charge in [0.1, 0.15) is 24.2 Å². The van der Waals surface area contributed by atoms with Crippen LogP contribution in [0.2, 0.25) is 0 Å². The number of carboxylic acids is 5. The minimum absolute atomic E-state index is 0.0641. The van der Waals surface area contributed by atoms with Crippen LogP contribution in [0.1, 0.15) is 58.4 Å². The van der Waals surface area contributed by atoms with Crippen molar-refractivity contribution in [2.24, 2.45) is 17.4 Å². The van der Waals surface area contributed by atoms with Gasteiger partial charge < -0.3 is 53.4 Å². The molecule has 3 rings (SSSR count). The van der Waals surface area contributed by atoms with Gasteiger partial charge in [0, 0.05) is 24.2 Å². The van der Waals surface area contributed by atoms with E-state index >= 15 is 0 Å². The first-order chi connectivity index (χ1) is 24.2. The Morgan fingerprint density at radius 3 is 1.73 bits per heavy atom. The van der Waals surface area contributed by atoms with E-state index in [0.29, 0.717) is 24.4 Å². The van der Waals surface area contributed by atoms with Gasteiger partial charge in [-0.15, -0.1) is 0 Å². The van der Waals surface area contributed by atoms with E-state index in [1.807, 2.05) is 44.2 Å². The topological polar surface area (TPSA) is 349 Å². The van der Waals surface area contributed by atoms with Crippen molar-refractivity contribution < 1.29 is 59.2 Å². The maximum Gasteiger partial charge on any atom is 0.325 e. The van der Waals surface area contributed by atoms with Crippen molar-refractivity contribution in [1.29, 1.82) is 0 Å². The third-order valence-corrected chi connectivity index (χ3v) is 6.43. The molecule has 19 nitrogen and oxygen atoms in total. The van der Waals surface area contributed by atoms with Gasteiger partial charge in [0.15, 0.2) is 0 Å². The molecule has 4 atom stereocenters. The number of nitro benzene ring substituents is 1. The Morgan fingerprint density at radius 1 is 0.846 bits per heavy atom. The largest absolute Gasteiger partial charge is 0.481 e. The summed E-state index contributed by atoms with van der Waals surface area (Å²) >= 11 is 0. The van der Waals surface area contributed by atoms with Gasteiger partial charge >= 0.3 is 29.8 Å². The van der Waals surface area contributed by atoms with Crippen LogP contribution >= 0.6 is 0 Å². The molecule has 0 spiro atoms. The predicted molar refractivity (Wildman–Crippen MR) is 189 cm³/mol. The second-order valence-electron chi connectivity index (χ2n) is 11.6. The smallest absolute Gasteiger partial charge is 0.325 e. The van der Waals surface area contributed by atoms with Crippen LogP contribution in [0.25, 0.3) is 0 Å². The maximum absolute atomic E-state index is 10.8. The van der Waals surface area contributed by atoms with Crippen LogP contribution < -0.4 is 27.8 Å². The summed E-state index contributed by atoms with van der Waals surface area (Å²) in [5.74, 6) is -5.04. The van der Waals surface area contributed by atoms with Crippen LogP contribution in [0.3, 0.4) is 0 Å². The molecule has 0 aromatic heterocycles. The molecule has 0 radical (unpaired) electrons. The molecule has 1 saturated heterocycles. The summed E-state index contributed by atoms with van der Waals surface area (Å²) in [7, 11) is 0. The van der Waals surface area contributed by atoms with E-state index in [1.165, 1.54) is 31.2 Å². The Bertz CT molecular complexity index is 1400. The summed E-state index contributed by atoms with van der Waals surface area (Å²) in [5, 5.41) is 56.8. The normalized spacial score (nSPS) is 14.3. The molecule has 0 saturated carbocycles. The van der Waals surface area contributed by atoms with E-state index in [-0.39, 0.29) is 24.6 Å². The Morgan fingerprint density at radius 2 is 1.38 bits per heavy atom. The molecule has 19 heteroatoms. The lowest BCUT2D eigenvalue weighted by atomic mass is 10.1. The average Bonchev–Trinajstić information content (AvgIpc) is 3.61. The second-order valence-corrected chi connectivity index (χ2v) is 11.6. The number of aliphatic carboxylic acids is 5. The lowest BCUT2D eigenvalue weighted by Crippen LogP contribution is -2.38. The van der Waals surface area contributed by atoms with Gasteiger partial charge in [-0.05, 0) is 62.8 Å². The first-order valence-corrected chi connectivity index (χ1v) is 15.9. The summed E-state index contributed by atoms with van der Waals surface area (Å²) in [5.41, 5.74) is 17.4. The van der Waals surface area contributed by atoms with Crippen LogP contribution in [0.4, 0.5) is 11.4 Å². The summed E-state index contributed by atoms with van der Waals surface area (Å²) < 4.78 is 0. The number of anilines is 1. The molecule has 52 heavy (non-hydrogen) atoms. The second kappa shape index (κ2) is 27.1. The number of nitrogen functional groups attached to an aromatic ring is 1. The number of nitrogens with zero attached hydrogens (tertiary/aromatic N) is 1. The molecule has 2 aromatic carbocycles. The zero-order chi connectivity index (χ0) is 40.4. The number of carbonyl (C=O) groups is 6. The zero-order valence-corrected chi connectivity index (χ0v) is 29.2. The monoisotopic (exact) mass is 738 g/mol. The molecule has 1 aliphatic rings. The average molecular weight is 739 g/mol. The van der Waals surface area contributed by atoms with E-state index in [4.69, 9.17) is 42.7 Å². The standard InChI is InChI=1S/C9H11NO2.C7H11NO5.C6H6N2O2.C6H13NO2.C5H9NO2/c10-8(9(11)12)6-7-4-2-1-3-5-7;1-4(7(12)13)8-5(9)2-3-6(10)11;7-5-1-3-6(4-2-5)8(9)10;1-4(2)3-5(7)6(8)9;7-5(8)4-2-1-3-6-4/h1-5,8H,6,10H2,(H,11,12);4H,2-3H2,1H3,(H,8,9)(H,10,11)(H,12,13);1-4H,7H2;4-5H,3,7H2,1-2H3,(H,8,9);4,6H,1-3H2,(H,7,8)/t8-;4-;;5-;4-/m00.00/s1. The minimum Gasteiger partial charge on any atom is -0.481 e. The van der Waals surface area contributed by atoms with Crippen molar-refractivity contribution >= 4 is 47.1 Å². The van der Waals surface area contributed by atoms with Gasteiger partial charge in [-0.1, -0.05) is 44.2 Å². The zero-order valence-electron chi connectivity index (χ0n) is 29.2. The minimum atomic E-state index is -1.15. The number of non-ortho nitro benzene ring substituents is 1. The molecule has 0 aliphatic carbocycles. The summed E-state index contributed by atoms with van der Waals surface area (Å²) in [4.78, 5) is 71.3. The molecular formula is C33H50N6O13. The molecule has 1 aliphatic heterocycles. The van der Waals surface area contributed by atoms with Gasteiger partial charge in [-0.3, -0.25) is 38.9 Å². The van der Waals surface area contributed by atoms with Gasteiger partial charge in [-0.2, -0.15) is 0 Å². The van der Waals surface area contributed by atoms with Crippen molar-refractivity contribution in [3.8, 4) is 0 Å². The fourth-order valence-electron chi connectivity index (χ4n) is 3.65. The van der Waals surface area contributed by atoms with E-state index in [1.54, 1.807) is 0 Å². The lowest BCUT2D eigenvalue weighted by molar-refractivity contribution is -0.384. The molecule has 290 valence electrons. The van der Waals surface area contributed by atoms with E-state index in [0.717, 1.165) is 24.9 Å². The number of nitrogens with two attached hydrogens (primary N) is 3. The maximum atomic E-state index is 10.8. The highest BCUT2D eigenvalue weighted by molar-refractivity contribution is 5.85. The Kier molecular flexibility index (Phi) is 25.3. The highest BCUT2D eigenvalue weighted by atomic mass is 16.6. The first kappa shape index (κ1) is 48.5. The Labute approximate surface area is 300 Å². The fraction of sp³-hybridized carbons (Fsp3) is 0.455. The van der Waals surface area contributed by atoms with Crippen LogP contribution in [0.15, 0.2) is 54.6 Å². The number of hydrogen-bond acceptors (Lipinski definition) is 12. The highest BCUT2D eigenvalue weighted by Gasteiger charge is 2.20. The summed E-state index contributed by atoms with van der Waals surface area (Å²) in [6, 6.07) is 12.3. The lowest BCUT2D eigenvalue weighted by Gasteiger charge is -2.07. The van der Waals surface area contributed by atoms with Gasteiger partial charge in [-0.25, -0.2) is 0 Å². The van der Waals surface area contributed by atoms with Crippen molar-refractivity contribution in [1.82, 2.24) is 10.6 Å². The van der Waals surface area contributed by atoms with E-state index in [9.17, 15) is 38.9 Å². The van der Waals surface area contributed by atoms with Crippen LogP contribution in [-0.2, 0) is 35.2 Å². The molecule has 0 bridgehead atoms. The van der Waals surface area contributed by atoms with Crippen LogP contribution in [0.5, 0.6) is 0 Å². The third kappa shape index (κ3) is 26.2. The van der Waals surface area contributed by atoms with Crippen LogP contribution in [0, 0.1) is 16.0 Å². The third-order valence-electron chi connectivity index (χ3n) is 6.43. The molecule has 0 unspecified atom stereocenters. The first-order valence-electron chi connectivity index (χ1n) is 15.9.